The maximum atomic E-state index is 14.3. The van der Waals surface area contributed by atoms with Crippen LogP contribution in [0.25, 0.3) is 0 Å². The summed E-state index contributed by atoms with van der Waals surface area (Å²) in [6, 6.07) is 1.65. The topological polar surface area (TPSA) is 75.3 Å². The number of halogens is 2. The molecule has 4 aliphatic carbocycles. The molecule has 5 nitrogen and oxygen atoms in total. The fraction of sp³-hybridized carbons (Fsp3) is 0.650. The second-order valence-corrected chi connectivity index (χ2v) is 10.7. The van der Waals surface area contributed by atoms with Crippen LogP contribution < -0.4 is 10.0 Å². The van der Waals surface area contributed by atoms with Crippen molar-refractivity contribution >= 4 is 27.3 Å². The van der Waals surface area contributed by atoms with E-state index in [1.165, 1.54) is 19.3 Å². The summed E-state index contributed by atoms with van der Waals surface area (Å²) >= 11 is 0. The van der Waals surface area contributed by atoms with Crippen molar-refractivity contribution in [1.29, 1.82) is 0 Å². The number of nitrogens with one attached hydrogen (secondary N) is 2. The Morgan fingerprint density at radius 2 is 1.57 bits per heavy atom. The van der Waals surface area contributed by atoms with Gasteiger partial charge in [0.15, 0.2) is 0 Å². The Kier molecular flexibility index (Phi) is 4.88. The minimum Gasteiger partial charge on any atom is -0.323 e. The van der Waals surface area contributed by atoms with Crippen LogP contribution in [0, 0.1) is 34.8 Å². The van der Waals surface area contributed by atoms with Gasteiger partial charge in [-0.15, -0.1) is 0 Å². The number of rotatable bonds is 6. The molecule has 1 amide bonds. The minimum absolute atomic E-state index is 0.168. The van der Waals surface area contributed by atoms with Gasteiger partial charge in [-0.05, 0) is 68.8 Å². The van der Waals surface area contributed by atoms with E-state index in [-0.39, 0.29) is 23.0 Å². The third kappa shape index (κ3) is 3.63. The summed E-state index contributed by atoms with van der Waals surface area (Å²) in [5.74, 6) is -0.624. The molecule has 1 aromatic rings. The molecule has 154 valence electrons. The molecule has 4 aliphatic rings. The van der Waals surface area contributed by atoms with E-state index in [9.17, 15) is 22.0 Å². The molecule has 0 heterocycles. The molecule has 0 aliphatic heterocycles. The zero-order valence-electron chi connectivity index (χ0n) is 15.9. The molecule has 0 spiro atoms. The number of sulfonamides is 1. The van der Waals surface area contributed by atoms with Crippen LogP contribution in [0.3, 0.4) is 0 Å². The van der Waals surface area contributed by atoms with Gasteiger partial charge in [-0.25, -0.2) is 17.2 Å². The lowest BCUT2D eigenvalue weighted by molar-refractivity contribution is -0.140. The summed E-state index contributed by atoms with van der Waals surface area (Å²) in [5, 5.41) is 2.64. The summed E-state index contributed by atoms with van der Waals surface area (Å²) in [4.78, 5) is 13.1. The van der Waals surface area contributed by atoms with Gasteiger partial charge in [0.2, 0.25) is 15.9 Å². The zero-order valence-corrected chi connectivity index (χ0v) is 16.7. The average molecular weight is 413 g/mol. The van der Waals surface area contributed by atoms with Gasteiger partial charge in [0, 0.05) is 6.07 Å². The molecule has 8 heteroatoms. The fourth-order valence-corrected chi connectivity index (χ4v) is 6.98. The summed E-state index contributed by atoms with van der Waals surface area (Å²) in [5.41, 5.74) is -1.01. The lowest BCUT2D eigenvalue weighted by atomic mass is 9.49. The Bertz CT molecular complexity index is 866. The molecule has 0 radical (unpaired) electrons. The Morgan fingerprint density at radius 3 is 2.11 bits per heavy atom. The Hall–Kier alpha value is -1.70. The highest BCUT2D eigenvalue weighted by Gasteiger charge is 2.54. The predicted molar refractivity (Wildman–Crippen MR) is 103 cm³/mol. The lowest BCUT2D eigenvalue weighted by Gasteiger charge is -2.55. The van der Waals surface area contributed by atoms with Crippen molar-refractivity contribution in [2.75, 3.05) is 15.8 Å². The van der Waals surface area contributed by atoms with E-state index in [2.05, 4.69) is 10.0 Å². The first kappa shape index (κ1) is 19.6. The lowest BCUT2D eigenvalue weighted by Crippen LogP contribution is -2.51. The fourth-order valence-electron chi connectivity index (χ4n) is 5.85. The van der Waals surface area contributed by atoms with Crippen LogP contribution >= 0.6 is 0 Å². The van der Waals surface area contributed by atoms with Crippen LogP contribution in [0.2, 0.25) is 0 Å². The van der Waals surface area contributed by atoms with E-state index in [0.717, 1.165) is 25.3 Å². The van der Waals surface area contributed by atoms with Gasteiger partial charge in [0.25, 0.3) is 0 Å². The molecule has 1 aromatic carbocycles. The van der Waals surface area contributed by atoms with Gasteiger partial charge in [-0.1, -0.05) is 6.92 Å². The normalized spacial score (nSPS) is 31.0. The minimum atomic E-state index is -3.73. The zero-order chi connectivity index (χ0) is 20.1. The van der Waals surface area contributed by atoms with Gasteiger partial charge >= 0.3 is 0 Å². The van der Waals surface area contributed by atoms with Crippen molar-refractivity contribution in [2.45, 2.75) is 51.9 Å². The molecular formula is C20H26F2N2O3S. The van der Waals surface area contributed by atoms with Crippen molar-refractivity contribution in [2.24, 2.45) is 23.2 Å². The Balaban J connectivity index is 1.56. The average Bonchev–Trinajstić information content (AvgIpc) is 2.57. The highest BCUT2D eigenvalue weighted by atomic mass is 32.2. The maximum Gasteiger partial charge on any atom is 0.232 e. The molecule has 2 N–H and O–H groups in total. The largest absolute Gasteiger partial charge is 0.323 e. The number of hydrogen-bond acceptors (Lipinski definition) is 3. The molecule has 5 rings (SSSR count). The number of hydrogen-bond donors (Lipinski definition) is 2. The van der Waals surface area contributed by atoms with E-state index in [1.807, 2.05) is 0 Å². The number of amides is 1. The number of carbonyl (C=O) groups excluding carboxylic acids is 1. The predicted octanol–water partition coefficient (Wildman–Crippen LogP) is 4.27. The highest BCUT2D eigenvalue weighted by molar-refractivity contribution is 7.92. The van der Waals surface area contributed by atoms with Gasteiger partial charge in [-0.2, -0.15) is 0 Å². The Morgan fingerprint density at radius 1 is 1.04 bits per heavy atom. The molecule has 4 saturated carbocycles. The van der Waals surface area contributed by atoms with Gasteiger partial charge in [-0.3, -0.25) is 9.52 Å². The number of benzene rings is 1. The second kappa shape index (κ2) is 6.97. The smallest absolute Gasteiger partial charge is 0.232 e. The van der Waals surface area contributed by atoms with Crippen molar-refractivity contribution in [3.8, 4) is 0 Å². The van der Waals surface area contributed by atoms with Crippen molar-refractivity contribution in [3.05, 3.63) is 23.8 Å². The standard InChI is InChI=1S/C20H26F2N2O3S/c1-2-3-28(26,27)24-18-8-17(15(21)7-16(18)22)23-19(25)20-9-12-4-13(10-20)6-14(5-12)11-20/h7-8,12-14,24H,2-6,9-11H2,1H3,(H,23,25). The van der Waals surface area contributed by atoms with Crippen molar-refractivity contribution in [1.82, 2.24) is 0 Å². The van der Waals surface area contributed by atoms with E-state index < -0.39 is 27.1 Å². The van der Waals surface area contributed by atoms with E-state index in [1.54, 1.807) is 6.92 Å². The molecule has 28 heavy (non-hydrogen) atoms. The van der Waals surface area contributed by atoms with Crippen molar-refractivity contribution in [3.63, 3.8) is 0 Å². The molecule has 0 aromatic heterocycles. The highest BCUT2D eigenvalue weighted by Crippen LogP contribution is 2.60. The molecule has 0 unspecified atom stereocenters. The van der Waals surface area contributed by atoms with Gasteiger partial charge in [0.05, 0.1) is 22.5 Å². The molecule has 4 fully saturated rings. The van der Waals surface area contributed by atoms with E-state index >= 15 is 0 Å². The van der Waals surface area contributed by atoms with Crippen LogP contribution in [0.1, 0.15) is 51.9 Å². The van der Waals surface area contributed by atoms with E-state index in [4.69, 9.17) is 0 Å². The van der Waals surface area contributed by atoms with Crippen LogP contribution in [-0.4, -0.2) is 20.1 Å². The number of anilines is 2. The second-order valence-electron chi connectivity index (χ2n) is 8.88. The monoisotopic (exact) mass is 412 g/mol. The molecular weight excluding hydrogens is 386 g/mol. The van der Waals surface area contributed by atoms with Crippen molar-refractivity contribution < 1.29 is 22.0 Å². The Labute approximate surface area is 164 Å². The van der Waals surface area contributed by atoms with Gasteiger partial charge in [0.1, 0.15) is 11.6 Å². The first-order chi connectivity index (χ1) is 13.2. The first-order valence-corrected chi connectivity index (χ1v) is 11.7. The van der Waals surface area contributed by atoms with Crippen LogP contribution in [0.5, 0.6) is 0 Å². The van der Waals surface area contributed by atoms with Crippen LogP contribution in [-0.2, 0) is 14.8 Å². The van der Waals surface area contributed by atoms with Crippen LogP contribution in [0.15, 0.2) is 12.1 Å². The molecule has 4 bridgehead atoms. The molecule has 0 atom stereocenters. The quantitative estimate of drug-likeness (QED) is 0.733. The van der Waals surface area contributed by atoms with E-state index in [0.29, 0.717) is 30.2 Å². The summed E-state index contributed by atoms with van der Waals surface area (Å²) in [6.45, 7) is 1.69. The first-order valence-electron chi connectivity index (χ1n) is 10.0. The third-order valence-corrected chi connectivity index (χ3v) is 8.04. The van der Waals surface area contributed by atoms with Crippen LogP contribution in [0.4, 0.5) is 20.2 Å². The maximum absolute atomic E-state index is 14.3. The van der Waals surface area contributed by atoms with Gasteiger partial charge < -0.3 is 5.32 Å². The summed E-state index contributed by atoms with van der Waals surface area (Å²) < 4.78 is 54.4. The molecule has 0 saturated heterocycles. The summed E-state index contributed by atoms with van der Waals surface area (Å²) in [7, 11) is -3.73. The number of carbonyl (C=O) groups is 1. The SMILES string of the molecule is CCCS(=O)(=O)Nc1cc(NC(=O)C23CC4CC(CC(C4)C2)C3)c(F)cc1F. The summed E-state index contributed by atoms with van der Waals surface area (Å²) in [6.07, 6.45) is 6.38. The third-order valence-electron chi connectivity index (χ3n) is 6.56.